The van der Waals surface area contributed by atoms with E-state index >= 15 is 0 Å². The minimum absolute atomic E-state index is 0.0131. The molecule has 1 aliphatic heterocycles. The van der Waals surface area contributed by atoms with Crippen molar-refractivity contribution in [3.8, 4) is 0 Å². The lowest BCUT2D eigenvalue weighted by Crippen LogP contribution is -2.37. The fraction of sp³-hybridized carbons (Fsp3) is 0.0952. The number of anilines is 1. The molecule has 23 heavy (non-hydrogen) atoms. The normalized spacial score (nSPS) is 19.3. The highest BCUT2D eigenvalue weighted by Crippen LogP contribution is 2.48. The molecule has 3 aromatic carbocycles. The van der Waals surface area contributed by atoms with E-state index in [2.05, 4.69) is 24.4 Å². The van der Waals surface area contributed by atoms with Crippen LogP contribution >= 0.6 is 0 Å². The van der Waals surface area contributed by atoms with Gasteiger partial charge in [0.15, 0.2) is 0 Å². The van der Waals surface area contributed by atoms with Crippen LogP contribution in [0.5, 0.6) is 0 Å². The van der Waals surface area contributed by atoms with Gasteiger partial charge in [-0.15, -0.1) is 0 Å². The Kier molecular flexibility index (Phi) is 3.05. The molecule has 1 heterocycles. The smallest absolute Gasteiger partial charge is 0.244 e. The van der Waals surface area contributed by atoms with Crippen molar-refractivity contribution in [1.29, 1.82) is 0 Å². The van der Waals surface area contributed by atoms with E-state index in [-0.39, 0.29) is 5.91 Å². The molecular formula is C21H17NO. The molecule has 0 radical (unpaired) electrons. The topological polar surface area (TPSA) is 29.1 Å². The number of aryl methyl sites for hydroxylation is 1. The van der Waals surface area contributed by atoms with E-state index in [1.54, 1.807) is 0 Å². The lowest BCUT2D eigenvalue weighted by atomic mass is 9.69. The van der Waals surface area contributed by atoms with Gasteiger partial charge in [0.05, 0.1) is 0 Å². The summed E-state index contributed by atoms with van der Waals surface area (Å²) in [5.41, 5.74) is 4.27. The van der Waals surface area contributed by atoms with Gasteiger partial charge < -0.3 is 5.32 Å². The van der Waals surface area contributed by atoms with Gasteiger partial charge in [0.2, 0.25) is 5.91 Å². The number of para-hydroxylation sites is 1. The molecule has 4 rings (SSSR count). The fourth-order valence-electron chi connectivity index (χ4n) is 3.65. The van der Waals surface area contributed by atoms with Crippen molar-refractivity contribution < 1.29 is 4.79 Å². The Morgan fingerprint density at radius 2 is 1.35 bits per heavy atom. The van der Waals surface area contributed by atoms with Crippen LogP contribution in [0.15, 0.2) is 78.9 Å². The lowest BCUT2D eigenvalue weighted by molar-refractivity contribution is -0.118. The van der Waals surface area contributed by atoms with E-state index in [4.69, 9.17) is 0 Å². The maximum atomic E-state index is 13.2. The summed E-state index contributed by atoms with van der Waals surface area (Å²) in [6.07, 6.45) is 0. The van der Waals surface area contributed by atoms with E-state index in [1.165, 1.54) is 0 Å². The number of hydrogen-bond donors (Lipinski definition) is 1. The zero-order chi connectivity index (χ0) is 15.9. The summed E-state index contributed by atoms with van der Waals surface area (Å²) in [6, 6.07) is 26.1. The van der Waals surface area contributed by atoms with Gasteiger partial charge in [-0.3, -0.25) is 4.79 Å². The predicted molar refractivity (Wildman–Crippen MR) is 92.6 cm³/mol. The summed E-state index contributed by atoms with van der Waals surface area (Å²) >= 11 is 0. The maximum absolute atomic E-state index is 13.2. The average molecular weight is 299 g/mol. The predicted octanol–water partition coefficient (Wildman–Crippen LogP) is 4.28. The van der Waals surface area contributed by atoms with E-state index in [9.17, 15) is 4.79 Å². The van der Waals surface area contributed by atoms with Crippen molar-refractivity contribution in [2.24, 2.45) is 0 Å². The van der Waals surface area contributed by atoms with Crippen molar-refractivity contribution in [2.75, 3.05) is 5.32 Å². The molecule has 0 saturated heterocycles. The number of carbonyl (C=O) groups excluding carboxylic acids is 1. The van der Waals surface area contributed by atoms with Gasteiger partial charge in [0.25, 0.3) is 0 Å². The average Bonchev–Trinajstić information content (AvgIpc) is 2.89. The Hall–Kier alpha value is -2.87. The van der Waals surface area contributed by atoms with Crippen LogP contribution in [0.1, 0.15) is 22.3 Å². The van der Waals surface area contributed by atoms with Gasteiger partial charge in [-0.05, 0) is 29.7 Å². The van der Waals surface area contributed by atoms with Crippen molar-refractivity contribution in [2.45, 2.75) is 12.3 Å². The molecule has 2 nitrogen and oxygen atoms in total. The Bertz CT molecular complexity index is 885. The molecule has 0 bridgehead atoms. The number of benzene rings is 3. The molecule has 3 aromatic rings. The zero-order valence-electron chi connectivity index (χ0n) is 12.9. The summed E-state index contributed by atoms with van der Waals surface area (Å²) < 4.78 is 0. The maximum Gasteiger partial charge on any atom is 0.244 e. The molecule has 2 heteroatoms. The molecule has 1 atom stereocenters. The van der Waals surface area contributed by atoms with Crippen LogP contribution < -0.4 is 5.32 Å². The standard InChI is InChI=1S/C21H17NO/c1-15-9-5-6-12-17(15)21(16-10-3-2-4-11-16)18-13-7-8-14-19(18)22-20(21)23/h2-14H,1H3,(H,22,23)/t21-/m1/s1. The highest BCUT2D eigenvalue weighted by atomic mass is 16.2. The zero-order valence-corrected chi connectivity index (χ0v) is 12.9. The van der Waals surface area contributed by atoms with Crippen molar-refractivity contribution in [1.82, 2.24) is 0 Å². The van der Waals surface area contributed by atoms with E-state index in [1.807, 2.05) is 66.7 Å². The molecule has 1 N–H and O–H groups in total. The van der Waals surface area contributed by atoms with Gasteiger partial charge in [-0.25, -0.2) is 0 Å². The first-order valence-corrected chi connectivity index (χ1v) is 7.77. The van der Waals surface area contributed by atoms with Gasteiger partial charge in [0.1, 0.15) is 5.41 Å². The van der Waals surface area contributed by atoms with Crippen molar-refractivity contribution >= 4 is 11.6 Å². The Labute approximate surface area is 135 Å². The quantitative estimate of drug-likeness (QED) is 0.752. The van der Waals surface area contributed by atoms with Gasteiger partial charge in [-0.1, -0.05) is 72.8 Å². The van der Waals surface area contributed by atoms with Gasteiger partial charge >= 0.3 is 0 Å². The third-order valence-electron chi connectivity index (χ3n) is 4.68. The molecule has 0 fully saturated rings. The first-order valence-electron chi connectivity index (χ1n) is 7.77. The first kappa shape index (κ1) is 13.8. The summed E-state index contributed by atoms with van der Waals surface area (Å²) in [5, 5.41) is 3.07. The van der Waals surface area contributed by atoms with E-state index in [0.29, 0.717) is 0 Å². The highest BCUT2D eigenvalue weighted by molar-refractivity contribution is 6.11. The van der Waals surface area contributed by atoms with Crippen LogP contribution in [0.25, 0.3) is 0 Å². The second-order valence-corrected chi connectivity index (χ2v) is 5.93. The van der Waals surface area contributed by atoms with E-state index < -0.39 is 5.41 Å². The lowest BCUT2D eigenvalue weighted by Gasteiger charge is -2.30. The molecule has 0 unspecified atom stereocenters. The Morgan fingerprint density at radius 3 is 2.09 bits per heavy atom. The monoisotopic (exact) mass is 299 g/mol. The van der Waals surface area contributed by atoms with Gasteiger partial charge in [0, 0.05) is 11.3 Å². The van der Waals surface area contributed by atoms with Crippen LogP contribution in [0, 0.1) is 6.92 Å². The first-order chi connectivity index (χ1) is 11.2. The van der Waals surface area contributed by atoms with Crippen LogP contribution in [-0.2, 0) is 10.2 Å². The molecular weight excluding hydrogens is 282 g/mol. The molecule has 0 spiro atoms. The van der Waals surface area contributed by atoms with E-state index in [0.717, 1.165) is 27.9 Å². The fourth-order valence-corrected chi connectivity index (χ4v) is 3.65. The third-order valence-corrected chi connectivity index (χ3v) is 4.68. The molecule has 0 saturated carbocycles. The molecule has 0 aliphatic carbocycles. The molecule has 1 amide bonds. The Balaban J connectivity index is 2.12. The summed E-state index contributed by atoms with van der Waals surface area (Å²) in [5.74, 6) is 0.0131. The summed E-state index contributed by atoms with van der Waals surface area (Å²) in [6.45, 7) is 2.06. The van der Waals surface area contributed by atoms with Crippen molar-refractivity contribution in [3.63, 3.8) is 0 Å². The van der Waals surface area contributed by atoms with Crippen LogP contribution in [-0.4, -0.2) is 5.91 Å². The minimum Gasteiger partial charge on any atom is -0.324 e. The second-order valence-electron chi connectivity index (χ2n) is 5.93. The van der Waals surface area contributed by atoms with Gasteiger partial charge in [-0.2, -0.15) is 0 Å². The molecule has 1 aliphatic rings. The number of hydrogen-bond acceptors (Lipinski definition) is 1. The highest BCUT2D eigenvalue weighted by Gasteiger charge is 2.50. The molecule has 112 valence electrons. The van der Waals surface area contributed by atoms with Crippen LogP contribution in [0.3, 0.4) is 0 Å². The number of amides is 1. The number of nitrogens with one attached hydrogen (secondary N) is 1. The third kappa shape index (κ3) is 1.85. The second kappa shape index (κ2) is 5.10. The Morgan fingerprint density at radius 1 is 0.739 bits per heavy atom. The largest absolute Gasteiger partial charge is 0.324 e. The molecule has 0 aromatic heterocycles. The number of carbonyl (C=O) groups is 1. The minimum atomic E-state index is -0.788. The SMILES string of the molecule is Cc1ccccc1[C@@]1(c2ccccc2)C(=O)Nc2ccccc21. The summed E-state index contributed by atoms with van der Waals surface area (Å²) in [4.78, 5) is 13.2. The number of rotatable bonds is 2. The van der Waals surface area contributed by atoms with Crippen LogP contribution in [0.4, 0.5) is 5.69 Å². The van der Waals surface area contributed by atoms with Crippen molar-refractivity contribution in [3.05, 3.63) is 101 Å². The summed E-state index contributed by atoms with van der Waals surface area (Å²) in [7, 11) is 0. The van der Waals surface area contributed by atoms with Crippen LogP contribution in [0.2, 0.25) is 0 Å². The number of fused-ring (bicyclic) bond motifs is 1.